The lowest BCUT2D eigenvalue weighted by Gasteiger charge is -2.38. The zero-order chi connectivity index (χ0) is 25.7. The second kappa shape index (κ2) is 9.15. The van der Waals surface area contributed by atoms with Crippen LogP contribution in [0, 0.1) is 11.7 Å². The van der Waals surface area contributed by atoms with E-state index in [-0.39, 0.29) is 28.7 Å². The Morgan fingerprint density at radius 3 is 2.66 bits per heavy atom. The summed E-state index contributed by atoms with van der Waals surface area (Å²) in [5.41, 5.74) is 0.992. The lowest BCUT2D eigenvalue weighted by atomic mass is 9.92. The Morgan fingerprint density at radius 2 is 1.97 bits per heavy atom. The second-order valence-corrected chi connectivity index (χ2v) is 10.0. The molecule has 0 aliphatic carbocycles. The van der Waals surface area contributed by atoms with Crippen LogP contribution in [-0.2, 0) is 9.59 Å². The van der Waals surface area contributed by atoms with Gasteiger partial charge in [0, 0.05) is 31.5 Å². The summed E-state index contributed by atoms with van der Waals surface area (Å²) in [6.07, 6.45) is -5.15. The predicted octanol–water partition coefficient (Wildman–Crippen LogP) is 4.66. The minimum Gasteiger partial charge on any atom is -0.403 e. The predicted molar refractivity (Wildman–Crippen MR) is 121 cm³/mol. The minimum atomic E-state index is -5.05. The first kappa shape index (κ1) is 25.0. The molecule has 2 aliphatic heterocycles. The van der Waals surface area contributed by atoms with Crippen molar-refractivity contribution in [3.63, 3.8) is 0 Å². The van der Waals surface area contributed by atoms with Crippen molar-refractivity contribution in [2.75, 3.05) is 19.4 Å². The van der Waals surface area contributed by atoms with E-state index in [2.05, 4.69) is 15.0 Å². The number of hydrogen-bond acceptors (Lipinski definition) is 7. The highest BCUT2D eigenvalue weighted by molar-refractivity contribution is 8.03. The van der Waals surface area contributed by atoms with Crippen LogP contribution in [0.4, 0.5) is 27.5 Å². The van der Waals surface area contributed by atoms with Gasteiger partial charge in [-0.15, -0.1) is 36.3 Å². The van der Waals surface area contributed by atoms with Gasteiger partial charge in [0.25, 0.3) is 0 Å². The number of fused-ring (bicyclic) bond motifs is 1. The molecule has 2 atom stereocenters. The normalized spacial score (nSPS) is 20.4. The molecule has 4 amide bonds. The molecule has 1 aromatic heterocycles. The van der Waals surface area contributed by atoms with Crippen molar-refractivity contribution in [2.45, 2.75) is 25.1 Å². The molecular formula is C21H18F4N4O4S2. The third-order valence-electron chi connectivity index (χ3n) is 5.53. The van der Waals surface area contributed by atoms with Crippen molar-refractivity contribution in [1.29, 1.82) is 0 Å². The smallest absolute Gasteiger partial charge is 0.403 e. The zero-order valence-corrected chi connectivity index (χ0v) is 20.1. The van der Waals surface area contributed by atoms with Crippen LogP contribution in [-0.4, -0.2) is 58.5 Å². The van der Waals surface area contributed by atoms with E-state index in [0.717, 1.165) is 33.3 Å². The van der Waals surface area contributed by atoms with Crippen LogP contribution in [0.25, 0.3) is 11.3 Å². The topological polar surface area (TPSA) is 91.8 Å². The highest BCUT2D eigenvalue weighted by Gasteiger charge is 2.49. The van der Waals surface area contributed by atoms with Crippen molar-refractivity contribution in [3.05, 3.63) is 39.9 Å². The van der Waals surface area contributed by atoms with Gasteiger partial charge in [-0.25, -0.2) is 14.2 Å². The molecule has 1 N–H and O–H groups in total. The van der Waals surface area contributed by atoms with Gasteiger partial charge in [-0.1, -0.05) is 0 Å². The Morgan fingerprint density at radius 1 is 1.26 bits per heavy atom. The number of amides is 4. The van der Waals surface area contributed by atoms with Crippen molar-refractivity contribution < 1.29 is 36.7 Å². The number of thiazole rings is 1. The Hall–Kier alpha value is -3.13. The van der Waals surface area contributed by atoms with E-state index < -0.39 is 41.2 Å². The van der Waals surface area contributed by atoms with Gasteiger partial charge in [-0.3, -0.25) is 14.5 Å². The number of thioether (sulfide) groups is 1. The van der Waals surface area contributed by atoms with Gasteiger partial charge in [0.1, 0.15) is 0 Å². The molecule has 2 aliphatic rings. The van der Waals surface area contributed by atoms with Gasteiger partial charge >= 0.3 is 12.4 Å². The number of urea groups is 1. The summed E-state index contributed by atoms with van der Waals surface area (Å²) in [6, 6.07) is 2.53. The molecule has 0 radical (unpaired) electrons. The molecule has 8 nitrogen and oxygen atoms in total. The largest absolute Gasteiger partial charge is 0.573 e. The Kier molecular flexibility index (Phi) is 6.53. The molecule has 0 saturated carbocycles. The number of carbonyl (C=O) groups excluding carboxylic acids is 3. The minimum absolute atomic E-state index is 0.101. The number of halogens is 4. The van der Waals surface area contributed by atoms with Crippen LogP contribution in [0.1, 0.15) is 13.3 Å². The van der Waals surface area contributed by atoms with Gasteiger partial charge < -0.3 is 15.0 Å². The number of benzene rings is 1. The van der Waals surface area contributed by atoms with Gasteiger partial charge in [0.2, 0.25) is 11.8 Å². The first-order valence-electron chi connectivity index (χ1n) is 10.1. The summed E-state index contributed by atoms with van der Waals surface area (Å²) in [4.78, 5) is 45.2. The quantitative estimate of drug-likeness (QED) is 0.566. The van der Waals surface area contributed by atoms with Crippen molar-refractivity contribution in [3.8, 4) is 17.0 Å². The van der Waals surface area contributed by atoms with Gasteiger partial charge in [-0.05, 0) is 35.6 Å². The van der Waals surface area contributed by atoms with E-state index in [1.807, 2.05) is 0 Å². The fourth-order valence-electron chi connectivity index (χ4n) is 3.84. The summed E-state index contributed by atoms with van der Waals surface area (Å²) in [5.74, 6) is -3.64. The number of rotatable bonds is 5. The van der Waals surface area contributed by atoms with E-state index in [4.69, 9.17) is 0 Å². The first-order chi connectivity index (χ1) is 16.4. The molecule has 35 heavy (non-hydrogen) atoms. The molecule has 3 heterocycles. The number of aromatic nitrogens is 1. The number of imide groups is 1. The molecule has 0 spiro atoms. The Labute approximate surface area is 204 Å². The average molecular weight is 531 g/mol. The number of carbonyl (C=O) groups is 3. The van der Waals surface area contributed by atoms with Crippen LogP contribution in [0.3, 0.4) is 0 Å². The van der Waals surface area contributed by atoms with Crippen LogP contribution < -0.4 is 10.1 Å². The average Bonchev–Trinajstić information content (AvgIpc) is 3.36. The Bertz CT molecular complexity index is 1250. The molecule has 1 aromatic carbocycles. The fourth-order valence-corrected chi connectivity index (χ4v) is 5.95. The van der Waals surface area contributed by atoms with Gasteiger partial charge in [-0.2, -0.15) is 0 Å². The van der Waals surface area contributed by atoms with Crippen LogP contribution >= 0.6 is 23.1 Å². The van der Waals surface area contributed by atoms with E-state index >= 15 is 0 Å². The molecule has 4 rings (SSSR count). The number of ether oxygens (including phenoxy) is 1. The number of alkyl halides is 3. The number of anilines is 1. The molecule has 1 fully saturated rings. The van der Waals surface area contributed by atoms with Gasteiger partial charge in [0.05, 0.1) is 17.0 Å². The van der Waals surface area contributed by atoms with E-state index in [0.29, 0.717) is 5.57 Å². The monoisotopic (exact) mass is 530 g/mol. The Balaban J connectivity index is 1.47. The highest BCUT2D eigenvalue weighted by Crippen LogP contribution is 2.47. The molecule has 0 bridgehead atoms. The maximum absolute atomic E-state index is 13.7. The second-order valence-electron chi connectivity index (χ2n) is 7.81. The molecule has 186 valence electrons. The van der Waals surface area contributed by atoms with Crippen LogP contribution in [0.5, 0.6) is 5.75 Å². The number of nitrogens with one attached hydrogen (secondary N) is 1. The van der Waals surface area contributed by atoms with Crippen molar-refractivity contribution in [1.82, 2.24) is 14.8 Å². The van der Waals surface area contributed by atoms with Crippen LogP contribution in [0.2, 0.25) is 0 Å². The lowest BCUT2D eigenvalue weighted by Crippen LogP contribution is -2.57. The van der Waals surface area contributed by atoms with Gasteiger partial charge in [0.15, 0.2) is 16.7 Å². The fraction of sp³-hybridized carbons (Fsp3) is 0.333. The third-order valence-corrected chi connectivity index (χ3v) is 7.73. The molecule has 1 saturated heterocycles. The number of allylic oxidation sites excluding steroid dienone is 1. The SMILES string of the molecule is CC1=C(CC(=O)Nc2nc(-c3ccc(F)c(OC(F)(F)F)c3)cs2)C2C(=O)N(C)C(=O)N(C)C2S1. The standard InChI is InChI=1S/C21H18F4N4O4S2/c1-9-11(16-17(31)28(2)20(32)29(3)18(16)35-9)7-15(30)27-19-26-13(8-34-19)10-4-5-12(22)14(6-10)33-21(23,24)25/h4-6,8,16,18H,7H2,1-3H3,(H,26,27,30). The molecular weight excluding hydrogens is 512 g/mol. The molecule has 2 unspecified atom stereocenters. The van der Waals surface area contributed by atoms with E-state index in [1.54, 1.807) is 14.0 Å². The summed E-state index contributed by atoms with van der Waals surface area (Å²) in [7, 11) is 3.00. The summed E-state index contributed by atoms with van der Waals surface area (Å²) < 4.78 is 54.8. The first-order valence-corrected chi connectivity index (χ1v) is 11.8. The summed E-state index contributed by atoms with van der Waals surface area (Å²) in [5, 5.41) is 3.86. The van der Waals surface area contributed by atoms with Crippen molar-refractivity contribution in [2.24, 2.45) is 5.92 Å². The maximum Gasteiger partial charge on any atom is 0.573 e. The summed E-state index contributed by atoms with van der Waals surface area (Å²) >= 11 is 2.38. The number of hydrogen-bond donors (Lipinski definition) is 1. The molecule has 14 heteroatoms. The third kappa shape index (κ3) is 4.98. The summed E-state index contributed by atoms with van der Waals surface area (Å²) in [6.45, 7) is 1.79. The van der Waals surface area contributed by atoms with Crippen LogP contribution in [0.15, 0.2) is 34.1 Å². The van der Waals surface area contributed by atoms with Crippen molar-refractivity contribution >= 4 is 46.1 Å². The zero-order valence-electron chi connectivity index (χ0n) is 18.5. The van der Waals surface area contributed by atoms with E-state index in [1.165, 1.54) is 35.2 Å². The highest BCUT2D eigenvalue weighted by atomic mass is 32.2. The molecule has 2 aromatic rings. The lowest BCUT2D eigenvalue weighted by molar-refractivity contribution is -0.275. The van der Waals surface area contributed by atoms with E-state index in [9.17, 15) is 31.9 Å². The number of nitrogens with zero attached hydrogens (tertiary/aromatic N) is 3. The maximum atomic E-state index is 13.7.